The number of hydrogen-bond donors (Lipinski definition) is 0. The van der Waals surface area contributed by atoms with E-state index in [1.807, 2.05) is 13.8 Å². The molecule has 0 spiro atoms. The van der Waals surface area contributed by atoms with Crippen molar-refractivity contribution < 1.29 is 15.3 Å². The van der Waals surface area contributed by atoms with Gasteiger partial charge in [0.1, 0.15) is 0 Å². The second-order valence-corrected chi connectivity index (χ2v) is 13.6. The Labute approximate surface area is 182 Å². The first-order chi connectivity index (χ1) is 13.2. The van der Waals surface area contributed by atoms with E-state index in [0.29, 0.717) is 0 Å². The third kappa shape index (κ3) is 5.91. The van der Waals surface area contributed by atoms with Gasteiger partial charge in [0.2, 0.25) is 0 Å². The average Bonchev–Trinajstić information content (AvgIpc) is 3.12. The van der Waals surface area contributed by atoms with Crippen molar-refractivity contribution in [3.8, 4) is 0 Å². The minimum Gasteiger partial charge on any atom is -0.154 e. The summed E-state index contributed by atoms with van der Waals surface area (Å²) in [5, 5.41) is 5.51. The van der Waals surface area contributed by atoms with Crippen LogP contribution in [0.25, 0.3) is 21.5 Å². The normalized spacial score (nSPS) is 10.1. The molecule has 0 atom stereocenters. The summed E-state index contributed by atoms with van der Waals surface area (Å²) >= 11 is -1.60. The summed E-state index contributed by atoms with van der Waals surface area (Å²) in [7, 11) is 11.0. The molecule has 0 amide bonds. The van der Waals surface area contributed by atoms with Gasteiger partial charge in [-0.1, -0.05) is 39.8 Å². The molecule has 0 saturated heterocycles. The quantitative estimate of drug-likeness (QED) is 0.187. The molecule has 0 radical (unpaired) electrons. The Morgan fingerprint density at radius 1 is 0.679 bits per heavy atom. The predicted molar refractivity (Wildman–Crippen MR) is 126 cm³/mol. The molecule has 148 valence electrons. The first kappa shape index (κ1) is 23.1. The molecule has 0 bridgehead atoms. The van der Waals surface area contributed by atoms with Crippen LogP contribution in [-0.4, -0.2) is 3.81 Å². The Balaban J connectivity index is 0.000000158. The summed E-state index contributed by atoms with van der Waals surface area (Å²) < 4.78 is 1.21. The zero-order valence-electron chi connectivity index (χ0n) is 17.5. The Kier molecular flexibility index (Phi) is 8.71. The topological polar surface area (TPSA) is 0 Å². The smallest absolute Gasteiger partial charge is 0.0576 e. The predicted octanol–water partition coefficient (Wildman–Crippen LogP) is 8.48. The van der Waals surface area contributed by atoms with Crippen molar-refractivity contribution in [3.63, 3.8) is 0 Å². The van der Waals surface area contributed by atoms with E-state index >= 15 is 0 Å². The minimum absolute atomic E-state index is 1.21. The number of aryl methyl sites for hydroxylation is 4. The van der Waals surface area contributed by atoms with E-state index in [4.69, 9.17) is 18.6 Å². The Morgan fingerprint density at radius 2 is 1.00 bits per heavy atom. The fourth-order valence-corrected chi connectivity index (χ4v) is 3.04. The third-order valence-corrected chi connectivity index (χ3v) is 9.33. The van der Waals surface area contributed by atoms with Gasteiger partial charge in [0.25, 0.3) is 0 Å². The van der Waals surface area contributed by atoms with E-state index in [0.717, 1.165) is 0 Å². The van der Waals surface area contributed by atoms with E-state index in [1.165, 1.54) is 47.6 Å². The average molecular weight is 447 g/mol. The Bertz CT molecular complexity index is 1000. The zero-order valence-corrected chi connectivity index (χ0v) is 20.6. The van der Waals surface area contributed by atoms with Crippen LogP contribution >= 0.6 is 18.6 Å². The van der Waals surface area contributed by atoms with Crippen molar-refractivity contribution in [2.24, 2.45) is 0 Å². The molecule has 28 heavy (non-hydrogen) atoms. The van der Waals surface area contributed by atoms with Crippen LogP contribution in [0, 0.1) is 27.7 Å². The summed E-state index contributed by atoms with van der Waals surface area (Å²) in [6.45, 7) is 12.6. The first-order valence-electron chi connectivity index (χ1n) is 9.44. The molecule has 0 fully saturated rings. The van der Waals surface area contributed by atoms with Crippen LogP contribution in [0.1, 0.15) is 36.1 Å². The molecule has 4 rings (SSSR count). The van der Waals surface area contributed by atoms with E-state index in [1.54, 1.807) is 0 Å². The molecule has 0 aliphatic carbocycles. The van der Waals surface area contributed by atoms with Crippen LogP contribution in [0.3, 0.4) is 0 Å². The molecular weight excluding hydrogens is 419 g/mol. The van der Waals surface area contributed by atoms with Gasteiger partial charge in [-0.2, -0.15) is 11.1 Å². The number of hydrogen-bond acceptors (Lipinski definition) is 0. The molecule has 0 nitrogen and oxygen atoms in total. The standard InChI is InChI=1S/2C11H11.C3H6.2ClH.Ti/c2*1-8-7-10-5-3-4-6-11(10)9(8)2;1-3-2;;;/h2*3-7H,1-2H3;1-2H3;2*1H;/q2*-1;;;;+2/p-2. The van der Waals surface area contributed by atoms with Crippen LogP contribution in [-0.2, 0) is 15.3 Å². The van der Waals surface area contributed by atoms with E-state index < -0.39 is 15.3 Å². The fraction of sp³-hybridized carbons (Fsp3) is 0.240. The third-order valence-electron chi connectivity index (χ3n) is 5.03. The van der Waals surface area contributed by atoms with Gasteiger partial charge in [0.05, 0.1) is 0 Å². The van der Waals surface area contributed by atoms with Crippen molar-refractivity contribution in [2.75, 3.05) is 0 Å². The van der Waals surface area contributed by atoms with Gasteiger partial charge >= 0.3 is 51.6 Å². The van der Waals surface area contributed by atoms with Crippen molar-refractivity contribution in [1.29, 1.82) is 0 Å². The molecule has 0 aliphatic rings. The van der Waals surface area contributed by atoms with Crippen LogP contribution < -0.4 is 0 Å². The Hall–Kier alpha value is -1.18. The molecule has 3 heteroatoms. The number of halogens is 2. The molecule has 4 aromatic rings. The largest absolute Gasteiger partial charge is 0.154 e. The van der Waals surface area contributed by atoms with Gasteiger partial charge in [-0.05, 0) is 0 Å². The summed E-state index contributed by atoms with van der Waals surface area (Å²) in [5.41, 5.74) is 5.62. The van der Waals surface area contributed by atoms with Crippen LogP contribution in [0.5, 0.6) is 0 Å². The van der Waals surface area contributed by atoms with Gasteiger partial charge in [-0.25, -0.2) is 0 Å². The van der Waals surface area contributed by atoms with Crippen molar-refractivity contribution >= 4 is 44.0 Å². The summed E-state index contributed by atoms with van der Waals surface area (Å²) in [4.78, 5) is 0. The van der Waals surface area contributed by atoms with Gasteiger partial charge in [0, 0.05) is 0 Å². The van der Waals surface area contributed by atoms with Crippen LogP contribution in [0.15, 0.2) is 60.7 Å². The van der Waals surface area contributed by atoms with Crippen molar-refractivity contribution in [1.82, 2.24) is 0 Å². The number of benzene rings is 2. The summed E-state index contributed by atoms with van der Waals surface area (Å²) in [6.07, 6.45) is 0. The van der Waals surface area contributed by atoms with E-state index in [2.05, 4.69) is 88.4 Å². The van der Waals surface area contributed by atoms with Crippen molar-refractivity contribution in [2.45, 2.75) is 41.5 Å². The van der Waals surface area contributed by atoms with Crippen LogP contribution in [0.2, 0.25) is 0 Å². The SMILES string of the molecule is C[C](C)=[Ti]([Cl])[Cl].Cc1[cH-]c2ccccc2c1C.Cc1[cH-]c2ccccc2c1C. The minimum atomic E-state index is -1.60. The number of rotatable bonds is 0. The summed E-state index contributed by atoms with van der Waals surface area (Å²) in [5.74, 6) is 0. The molecule has 0 unspecified atom stereocenters. The maximum Gasteiger partial charge on any atom is -0.0576 e. The first-order valence-corrected chi connectivity index (χ1v) is 14.5. The molecule has 0 heterocycles. The van der Waals surface area contributed by atoms with Gasteiger partial charge in [-0.15, -0.1) is 81.2 Å². The second-order valence-electron chi connectivity index (χ2n) is 7.34. The molecule has 0 aromatic heterocycles. The van der Waals surface area contributed by atoms with E-state index in [-0.39, 0.29) is 0 Å². The monoisotopic (exact) mass is 446 g/mol. The Morgan fingerprint density at radius 3 is 1.29 bits per heavy atom. The van der Waals surface area contributed by atoms with E-state index in [9.17, 15) is 0 Å². The van der Waals surface area contributed by atoms with Crippen molar-refractivity contribution in [3.05, 3.63) is 82.9 Å². The van der Waals surface area contributed by atoms with Crippen LogP contribution in [0.4, 0.5) is 0 Å². The van der Waals surface area contributed by atoms with Gasteiger partial charge in [-0.3, -0.25) is 0 Å². The van der Waals surface area contributed by atoms with Gasteiger partial charge in [0.15, 0.2) is 0 Å². The van der Waals surface area contributed by atoms with Gasteiger partial charge < -0.3 is 0 Å². The maximum atomic E-state index is 5.51. The zero-order chi connectivity index (χ0) is 20.8. The molecule has 0 saturated carbocycles. The number of fused-ring (bicyclic) bond motifs is 2. The fourth-order valence-electron chi connectivity index (χ4n) is 3.04. The molecule has 0 N–H and O–H groups in total. The molecular formula is C25H28Cl2Ti-2. The summed E-state index contributed by atoms with van der Waals surface area (Å²) in [6, 6.07) is 21.5. The maximum absolute atomic E-state index is 5.51. The molecule has 4 aromatic carbocycles. The second kappa shape index (κ2) is 10.6. The molecule has 0 aliphatic heterocycles.